The first-order valence-corrected chi connectivity index (χ1v) is 35.2. The first kappa shape index (κ1) is 78.3. The van der Waals surface area contributed by atoms with Crippen LogP contribution in [-0.2, 0) is 28.6 Å². The molecule has 1 atom stereocenters. The van der Waals surface area contributed by atoms with Crippen LogP contribution < -0.4 is 0 Å². The highest BCUT2D eigenvalue weighted by Crippen LogP contribution is 2.17. The van der Waals surface area contributed by atoms with E-state index in [1.165, 1.54) is 193 Å². The van der Waals surface area contributed by atoms with Crippen LogP contribution >= 0.6 is 0 Å². The summed E-state index contributed by atoms with van der Waals surface area (Å²) in [5.74, 6) is -0.901. The summed E-state index contributed by atoms with van der Waals surface area (Å²) in [7, 11) is 0. The van der Waals surface area contributed by atoms with Gasteiger partial charge in [-0.3, -0.25) is 14.4 Å². The Labute approximate surface area is 508 Å². The summed E-state index contributed by atoms with van der Waals surface area (Å²) in [6.45, 7) is 6.50. The van der Waals surface area contributed by atoms with E-state index in [1.807, 2.05) is 0 Å². The van der Waals surface area contributed by atoms with Crippen LogP contribution in [0.25, 0.3) is 0 Å². The summed E-state index contributed by atoms with van der Waals surface area (Å²) in [6.07, 6.45) is 94.6. The van der Waals surface area contributed by atoms with Gasteiger partial charge in [0.2, 0.25) is 0 Å². The quantitative estimate of drug-likeness (QED) is 0.0261. The second-order valence-corrected chi connectivity index (χ2v) is 23.4. The Morgan fingerprint density at radius 1 is 0.256 bits per heavy atom. The summed E-state index contributed by atoms with van der Waals surface area (Å²) in [4.78, 5) is 38.2. The normalized spacial score (nSPS) is 12.7. The maximum Gasteiger partial charge on any atom is 0.306 e. The summed E-state index contributed by atoms with van der Waals surface area (Å²) in [6, 6.07) is 0. The Bertz CT molecular complexity index is 1590. The maximum atomic E-state index is 12.9. The Kier molecular flexibility index (Phi) is 66.7. The Morgan fingerprint density at radius 3 is 0.744 bits per heavy atom. The third-order valence-electron chi connectivity index (χ3n) is 15.3. The number of carbonyl (C=O) groups excluding carboxylic acids is 3. The van der Waals surface area contributed by atoms with E-state index < -0.39 is 6.10 Å². The van der Waals surface area contributed by atoms with Crippen molar-refractivity contribution in [3.8, 4) is 0 Å². The van der Waals surface area contributed by atoms with Crippen LogP contribution in [0.15, 0.2) is 97.2 Å². The molecule has 472 valence electrons. The lowest BCUT2D eigenvalue weighted by Crippen LogP contribution is -2.30. The standard InChI is InChI=1S/C76H132O6/c1-4-7-10-13-16-19-21-23-25-27-29-31-33-34-35-36-37-38-39-40-41-42-44-45-47-49-51-53-55-57-60-63-66-69-75(78)81-72-73(71-80-74(77)68-65-62-59-18-15-12-9-6-3)82-76(79)70-67-64-61-58-56-54-52-50-48-46-43-32-30-28-26-24-22-20-17-14-11-8-5-2/h8,11,17,20-21,23-24,26-27,29-30,32,46,48,52,54,73H,4-7,9-10,12-16,18-19,22,25,28,31,33-45,47,49-51,53,55-72H2,1-3H3/b11-8-,20-17-,23-21-,26-24-,29-27-,32-30-,48-46-,54-52-. The molecule has 0 aliphatic rings. The Balaban J connectivity index is 4.10. The number of allylic oxidation sites excluding steroid dienone is 16. The predicted molar refractivity (Wildman–Crippen MR) is 357 cm³/mol. The summed E-state index contributed by atoms with van der Waals surface area (Å²) >= 11 is 0. The van der Waals surface area contributed by atoms with Gasteiger partial charge in [-0.15, -0.1) is 0 Å². The van der Waals surface area contributed by atoms with Crippen LogP contribution in [0.1, 0.15) is 348 Å². The van der Waals surface area contributed by atoms with Crippen molar-refractivity contribution in [2.24, 2.45) is 0 Å². The molecule has 0 rings (SSSR count). The zero-order valence-corrected chi connectivity index (χ0v) is 54.2. The lowest BCUT2D eigenvalue weighted by molar-refractivity contribution is -0.167. The van der Waals surface area contributed by atoms with Crippen LogP contribution in [0, 0.1) is 0 Å². The van der Waals surface area contributed by atoms with Gasteiger partial charge >= 0.3 is 17.9 Å². The van der Waals surface area contributed by atoms with E-state index in [0.29, 0.717) is 19.3 Å². The molecule has 0 radical (unpaired) electrons. The van der Waals surface area contributed by atoms with Gasteiger partial charge in [0, 0.05) is 19.3 Å². The SMILES string of the molecule is CC/C=C\C/C=C\C/C=C\C/C=C\C/C=C\C/C=C\CCCCCCC(=O)OC(COC(=O)CCCCCCCCCC)COC(=O)CCCCCCCCCCCCCCCCCCCCCCC/C=C\C/C=C\CCCCCCC. The maximum absolute atomic E-state index is 12.9. The van der Waals surface area contributed by atoms with Crippen molar-refractivity contribution in [3.05, 3.63) is 97.2 Å². The van der Waals surface area contributed by atoms with Gasteiger partial charge in [-0.2, -0.15) is 0 Å². The second-order valence-electron chi connectivity index (χ2n) is 23.4. The van der Waals surface area contributed by atoms with Crippen molar-refractivity contribution in [1.82, 2.24) is 0 Å². The average Bonchev–Trinajstić information content (AvgIpc) is 3.47. The number of unbranched alkanes of at least 4 members (excludes halogenated alkanes) is 37. The van der Waals surface area contributed by atoms with Crippen molar-refractivity contribution < 1.29 is 28.6 Å². The number of esters is 3. The van der Waals surface area contributed by atoms with Gasteiger partial charge in [-0.05, 0) is 103 Å². The van der Waals surface area contributed by atoms with Crippen molar-refractivity contribution in [2.45, 2.75) is 354 Å². The molecule has 0 aliphatic heterocycles. The molecule has 0 spiro atoms. The van der Waals surface area contributed by atoms with E-state index in [4.69, 9.17) is 14.2 Å². The molecule has 0 N–H and O–H groups in total. The highest BCUT2D eigenvalue weighted by Gasteiger charge is 2.19. The van der Waals surface area contributed by atoms with Crippen LogP contribution in [0.3, 0.4) is 0 Å². The fourth-order valence-corrected chi connectivity index (χ4v) is 10.1. The average molecular weight is 1140 g/mol. The van der Waals surface area contributed by atoms with E-state index in [-0.39, 0.29) is 31.1 Å². The Hall–Kier alpha value is -3.67. The smallest absolute Gasteiger partial charge is 0.306 e. The minimum absolute atomic E-state index is 0.0845. The molecular weight excluding hydrogens is 1010 g/mol. The van der Waals surface area contributed by atoms with Gasteiger partial charge in [-0.25, -0.2) is 0 Å². The molecule has 1 unspecified atom stereocenters. The van der Waals surface area contributed by atoms with Crippen molar-refractivity contribution in [2.75, 3.05) is 13.2 Å². The minimum atomic E-state index is -0.789. The third-order valence-corrected chi connectivity index (χ3v) is 15.3. The topological polar surface area (TPSA) is 78.9 Å². The zero-order chi connectivity index (χ0) is 59.2. The molecule has 0 aromatic rings. The van der Waals surface area contributed by atoms with Gasteiger partial charge in [-0.1, -0.05) is 323 Å². The fraction of sp³-hybridized carbons (Fsp3) is 0.750. The van der Waals surface area contributed by atoms with Crippen LogP contribution in [0.5, 0.6) is 0 Å². The molecule has 0 saturated carbocycles. The molecule has 0 heterocycles. The molecule has 0 aromatic carbocycles. The molecule has 0 bridgehead atoms. The van der Waals surface area contributed by atoms with Crippen molar-refractivity contribution >= 4 is 17.9 Å². The third kappa shape index (κ3) is 67.1. The lowest BCUT2D eigenvalue weighted by atomic mass is 10.0. The largest absolute Gasteiger partial charge is 0.462 e. The fourth-order valence-electron chi connectivity index (χ4n) is 10.1. The van der Waals surface area contributed by atoms with Crippen LogP contribution in [-0.4, -0.2) is 37.2 Å². The van der Waals surface area contributed by atoms with E-state index in [0.717, 1.165) is 116 Å². The molecule has 0 amide bonds. The molecule has 0 fully saturated rings. The monoisotopic (exact) mass is 1140 g/mol. The predicted octanol–water partition coefficient (Wildman–Crippen LogP) is 24.4. The number of hydrogen-bond acceptors (Lipinski definition) is 6. The number of hydrogen-bond donors (Lipinski definition) is 0. The zero-order valence-electron chi connectivity index (χ0n) is 54.2. The van der Waals surface area contributed by atoms with E-state index >= 15 is 0 Å². The van der Waals surface area contributed by atoms with Gasteiger partial charge in [0.25, 0.3) is 0 Å². The van der Waals surface area contributed by atoms with Gasteiger partial charge in [0.05, 0.1) is 0 Å². The molecule has 0 saturated heterocycles. The molecule has 82 heavy (non-hydrogen) atoms. The molecule has 6 heteroatoms. The van der Waals surface area contributed by atoms with Crippen molar-refractivity contribution in [1.29, 1.82) is 0 Å². The number of carbonyl (C=O) groups is 3. The highest BCUT2D eigenvalue weighted by molar-refractivity contribution is 5.71. The summed E-state index contributed by atoms with van der Waals surface area (Å²) in [5, 5.41) is 0. The summed E-state index contributed by atoms with van der Waals surface area (Å²) < 4.78 is 16.9. The molecular formula is C76H132O6. The Morgan fingerprint density at radius 2 is 0.476 bits per heavy atom. The van der Waals surface area contributed by atoms with E-state index in [1.54, 1.807) is 0 Å². The van der Waals surface area contributed by atoms with Crippen LogP contribution in [0.4, 0.5) is 0 Å². The minimum Gasteiger partial charge on any atom is -0.462 e. The summed E-state index contributed by atoms with van der Waals surface area (Å²) in [5.41, 5.74) is 0. The number of rotatable bonds is 64. The molecule has 6 nitrogen and oxygen atoms in total. The first-order chi connectivity index (χ1) is 40.5. The second kappa shape index (κ2) is 69.8. The molecule has 0 aromatic heterocycles. The van der Waals surface area contributed by atoms with E-state index in [9.17, 15) is 14.4 Å². The van der Waals surface area contributed by atoms with Gasteiger partial charge < -0.3 is 14.2 Å². The number of ether oxygens (including phenoxy) is 3. The van der Waals surface area contributed by atoms with Crippen molar-refractivity contribution in [3.63, 3.8) is 0 Å². The molecule has 0 aliphatic carbocycles. The van der Waals surface area contributed by atoms with Crippen LogP contribution in [0.2, 0.25) is 0 Å². The van der Waals surface area contributed by atoms with Gasteiger partial charge in [0.15, 0.2) is 6.10 Å². The van der Waals surface area contributed by atoms with E-state index in [2.05, 4.69) is 118 Å². The first-order valence-electron chi connectivity index (χ1n) is 35.2. The van der Waals surface area contributed by atoms with Gasteiger partial charge in [0.1, 0.15) is 13.2 Å². The highest BCUT2D eigenvalue weighted by atomic mass is 16.6. The lowest BCUT2D eigenvalue weighted by Gasteiger charge is -2.18.